The Morgan fingerprint density at radius 2 is 1.82 bits per heavy atom. The van der Waals surface area contributed by atoms with Gasteiger partial charge in [-0.25, -0.2) is 4.79 Å². The maximum absolute atomic E-state index is 11.9. The van der Waals surface area contributed by atoms with Crippen molar-refractivity contribution in [1.29, 1.82) is 0 Å². The van der Waals surface area contributed by atoms with Crippen molar-refractivity contribution in [2.45, 2.75) is 19.5 Å². The predicted octanol–water partition coefficient (Wildman–Crippen LogP) is 1.53. The lowest BCUT2D eigenvalue weighted by Gasteiger charge is -2.22. The predicted molar refractivity (Wildman–Crippen MR) is 59.9 cm³/mol. The first kappa shape index (κ1) is 16.0. The van der Waals surface area contributed by atoms with Crippen LogP contribution in [0.1, 0.15) is 13.3 Å². The summed E-state index contributed by atoms with van der Waals surface area (Å²) in [5.41, 5.74) is 0. The molecular weight excluding hydrogens is 235 g/mol. The van der Waals surface area contributed by atoms with E-state index >= 15 is 0 Å². The van der Waals surface area contributed by atoms with Gasteiger partial charge in [0.2, 0.25) is 0 Å². The number of carbonyl (C=O) groups is 1. The van der Waals surface area contributed by atoms with E-state index in [2.05, 4.69) is 0 Å². The zero-order valence-corrected chi connectivity index (χ0v) is 10.5. The van der Waals surface area contributed by atoms with Crippen LogP contribution in [-0.2, 0) is 0 Å². The van der Waals surface area contributed by atoms with Gasteiger partial charge in [-0.2, -0.15) is 13.2 Å². The Hall–Kier alpha value is -0.980. The van der Waals surface area contributed by atoms with E-state index in [0.717, 1.165) is 13.0 Å². The van der Waals surface area contributed by atoms with Crippen molar-refractivity contribution >= 4 is 6.03 Å². The fraction of sp³-hybridized carbons (Fsp3) is 0.900. The zero-order valence-electron chi connectivity index (χ0n) is 10.5. The number of rotatable bonds is 6. The molecule has 1 N–H and O–H groups in total. The lowest BCUT2D eigenvalue weighted by molar-refractivity contribution is -0.123. The zero-order chi connectivity index (χ0) is 13.5. The lowest BCUT2D eigenvalue weighted by atomic mass is 10.3. The number of hydrogen-bond donors (Lipinski definition) is 1. The van der Waals surface area contributed by atoms with Gasteiger partial charge in [0.1, 0.15) is 6.54 Å². The summed E-state index contributed by atoms with van der Waals surface area (Å²) in [5.74, 6) is 0. The molecular formula is C10H20F3N3O. The van der Waals surface area contributed by atoms with Crippen molar-refractivity contribution in [2.24, 2.45) is 0 Å². The number of amides is 2. The summed E-state index contributed by atoms with van der Waals surface area (Å²) in [6.45, 7) is 2.11. The van der Waals surface area contributed by atoms with E-state index in [1.54, 1.807) is 6.92 Å². The summed E-state index contributed by atoms with van der Waals surface area (Å²) in [6, 6.07) is -0.663. The highest BCUT2D eigenvalue weighted by Crippen LogP contribution is 2.12. The summed E-state index contributed by atoms with van der Waals surface area (Å²) < 4.78 is 35.7. The summed E-state index contributed by atoms with van der Waals surface area (Å²) in [6.07, 6.45) is -3.63. The van der Waals surface area contributed by atoms with Gasteiger partial charge in [-0.1, -0.05) is 0 Å². The molecule has 0 rings (SSSR count). The molecule has 0 aromatic heterocycles. The summed E-state index contributed by atoms with van der Waals surface area (Å²) in [4.78, 5) is 14.7. The third-order valence-electron chi connectivity index (χ3n) is 2.14. The highest BCUT2D eigenvalue weighted by Gasteiger charge is 2.28. The van der Waals surface area contributed by atoms with Crippen molar-refractivity contribution in [1.82, 2.24) is 15.1 Å². The van der Waals surface area contributed by atoms with Crippen molar-refractivity contribution in [2.75, 3.05) is 40.3 Å². The highest BCUT2D eigenvalue weighted by atomic mass is 19.4. The summed E-state index contributed by atoms with van der Waals surface area (Å²) in [5, 5.41) is 1.86. The number of alkyl halides is 3. The van der Waals surface area contributed by atoms with Crippen molar-refractivity contribution in [3.8, 4) is 0 Å². The molecule has 0 aliphatic heterocycles. The van der Waals surface area contributed by atoms with E-state index < -0.39 is 18.8 Å². The minimum atomic E-state index is -4.36. The number of hydrogen-bond acceptors (Lipinski definition) is 2. The molecule has 0 radical (unpaired) electrons. The van der Waals surface area contributed by atoms with Crippen LogP contribution in [0.25, 0.3) is 0 Å². The van der Waals surface area contributed by atoms with E-state index in [9.17, 15) is 18.0 Å². The van der Waals surface area contributed by atoms with E-state index in [0.29, 0.717) is 13.1 Å². The first-order valence-corrected chi connectivity index (χ1v) is 5.50. The van der Waals surface area contributed by atoms with Gasteiger partial charge in [-0.05, 0) is 34.0 Å². The fourth-order valence-electron chi connectivity index (χ4n) is 1.27. The minimum Gasteiger partial charge on any atom is -0.329 e. The van der Waals surface area contributed by atoms with Crippen LogP contribution in [0, 0.1) is 0 Å². The normalized spacial score (nSPS) is 11.7. The van der Waals surface area contributed by atoms with Crippen molar-refractivity contribution in [3.05, 3.63) is 0 Å². The topological polar surface area (TPSA) is 35.6 Å². The van der Waals surface area contributed by atoms with Crippen LogP contribution in [0.5, 0.6) is 0 Å². The second-order valence-electron chi connectivity index (χ2n) is 4.01. The van der Waals surface area contributed by atoms with Gasteiger partial charge in [-0.3, -0.25) is 0 Å². The number of nitrogens with zero attached hydrogens (tertiary/aromatic N) is 2. The SMILES string of the molecule is CCN(CCCN(C)C)C(=O)NCC(F)(F)F. The second-order valence-corrected chi connectivity index (χ2v) is 4.01. The van der Waals surface area contributed by atoms with Crippen LogP contribution in [0.4, 0.5) is 18.0 Å². The molecule has 0 fully saturated rings. The van der Waals surface area contributed by atoms with Gasteiger partial charge >= 0.3 is 12.2 Å². The van der Waals surface area contributed by atoms with E-state index in [4.69, 9.17) is 0 Å². The van der Waals surface area contributed by atoms with E-state index in [1.165, 1.54) is 4.90 Å². The van der Waals surface area contributed by atoms with Gasteiger partial charge in [0.05, 0.1) is 0 Å². The molecule has 0 bridgehead atoms. The molecule has 0 spiro atoms. The third kappa shape index (κ3) is 8.79. The van der Waals surface area contributed by atoms with Crippen LogP contribution in [-0.4, -0.2) is 62.3 Å². The lowest BCUT2D eigenvalue weighted by Crippen LogP contribution is -2.44. The van der Waals surface area contributed by atoms with Crippen LogP contribution >= 0.6 is 0 Å². The molecule has 2 amide bonds. The van der Waals surface area contributed by atoms with Crippen LogP contribution in [0.2, 0.25) is 0 Å². The van der Waals surface area contributed by atoms with Gasteiger partial charge in [0.15, 0.2) is 0 Å². The van der Waals surface area contributed by atoms with Crippen LogP contribution in [0.15, 0.2) is 0 Å². The largest absolute Gasteiger partial charge is 0.405 e. The van der Waals surface area contributed by atoms with Gasteiger partial charge in [0.25, 0.3) is 0 Å². The molecule has 102 valence electrons. The number of carbonyl (C=O) groups excluding carboxylic acids is 1. The Morgan fingerprint density at radius 1 is 1.24 bits per heavy atom. The van der Waals surface area contributed by atoms with Gasteiger partial charge in [0, 0.05) is 13.1 Å². The average Bonchev–Trinajstić information content (AvgIpc) is 2.19. The standard InChI is InChI=1S/C10H20F3N3O/c1-4-16(7-5-6-15(2)3)9(17)14-8-10(11,12)13/h4-8H2,1-3H3,(H,14,17). The Bertz CT molecular complexity index is 231. The second kappa shape index (κ2) is 7.37. The molecule has 0 saturated carbocycles. The first-order valence-electron chi connectivity index (χ1n) is 5.50. The highest BCUT2D eigenvalue weighted by molar-refractivity contribution is 5.74. The first-order chi connectivity index (χ1) is 7.76. The Balaban J connectivity index is 3.96. The minimum absolute atomic E-state index is 0.400. The third-order valence-corrected chi connectivity index (χ3v) is 2.14. The van der Waals surface area contributed by atoms with Gasteiger partial charge in [-0.15, -0.1) is 0 Å². The fourth-order valence-corrected chi connectivity index (χ4v) is 1.27. The molecule has 0 saturated heterocycles. The smallest absolute Gasteiger partial charge is 0.329 e. The molecule has 0 atom stereocenters. The summed E-state index contributed by atoms with van der Waals surface area (Å²) >= 11 is 0. The molecule has 0 unspecified atom stereocenters. The quantitative estimate of drug-likeness (QED) is 0.781. The molecule has 0 heterocycles. The average molecular weight is 255 g/mol. The number of halogens is 3. The molecule has 4 nitrogen and oxygen atoms in total. The number of urea groups is 1. The molecule has 0 aliphatic carbocycles. The molecule has 17 heavy (non-hydrogen) atoms. The molecule has 0 aromatic carbocycles. The van der Waals surface area contributed by atoms with Gasteiger partial charge < -0.3 is 15.1 Å². The Labute approximate surface area is 99.8 Å². The van der Waals surface area contributed by atoms with Crippen molar-refractivity contribution in [3.63, 3.8) is 0 Å². The summed E-state index contributed by atoms with van der Waals surface area (Å²) in [7, 11) is 3.81. The van der Waals surface area contributed by atoms with Crippen LogP contribution < -0.4 is 5.32 Å². The molecule has 7 heteroatoms. The maximum Gasteiger partial charge on any atom is 0.405 e. The maximum atomic E-state index is 11.9. The van der Waals surface area contributed by atoms with Crippen molar-refractivity contribution < 1.29 is 18.0 Å². The Morgan fingerprint density at radius 3 is 2.24 bits per heavy atom. The van der Waals surface area contributed by atoms with E-state index in [-0.39, 0.29) is 0 Å². The molecule has 0 aliphatic rings. The van der Waals surface area contributed by atoms with Crippen LogP contribution in [0.3, 0.4) is 0 Å². The molecule has 0 aromatic rings. The Kier molecular flexibility index (Phi) is 6.94. The number of nitrogens with one attached hydrogen (secondary N) is 1. The monoisotopic (exact) mass is 255 g/mol. The van der Waals surface area contributed by atoms with E-state index in [1.807, 2.05) is 24.3 Å².